The zero-order chi connectivity index (χ0) is 22.2. The van der Waals surface area contributed by atoms with Gasteiger partial charge in [0.15, 0.2) is 10.9 Å². The standard InChI is InChI=1S/C22H22ClN7OS/c1-13-8-14(2)30(28-13)20-10-19(24-12-25-20)29-7-3-4-15(11-29)21(31)27-22-26-17-6-5-16(23)9-18(17)32-22/h5-6,8-10,12,15H,3-4,7,11H2,1-2H3,(H,26,27,31). The van der Waals surface area contributed by atoms with Crippen LogP contribution in [-0.2, 0) is 4.79 Å². The number of carbonyl (C=O) groups is 1. The summed E-state index contributed by atoms with van der Waals surface area (Å²) in [5.74, 6) is 1.36. The van der Waals surface area contributed by atoms with E-state index in [2.05, 4.69) is 30.3 Å². The second kappa shape index (κ2) is 8.48. The van der Waals surface area contributed by atoms with Gasteiger partial charge in [0.1, 0.15) is 12.1 Å². The highest BCUT2D eigenvalue weighted by molar-refractivity contribution is 7.22. The topological polar surface area (TPSA) is 88.8 Å². The molecular formula is C22H22ClN7OS. The van der Waals surface area contributed by atoms with Crippen molar-refractivity contribution in [2.45, 2.75) is 26.7 Å². The van der Waals surface area contributed by atoms with Gasteiger partial charge in [0.05, 0.1) is 21.8 Å². The number of hydrogen-bond donors (Lipinski definition) is 1. The Morgan fingerprint density at radius 2 is 2.03 bits per heavy atom. The number of nitrogens with zero attached hydrogens (tertiary/aromatic N) is 6. The van der Waals surface area contributed by atoms with Crippen LogP contribution in [0.5, 0.6) is 0 Å². The van der Waals surface area contributed by atoms with Crippen LogP contribution in [0, 0.1) is 19.8 Å². The van der Waals surface area contributed by atoms with E-state index < -0.39 is 0 Å². The Balaban J connectivity index is 1.31. The summed E-state index contributed by atoms with van der Waals surface area (Å²) in [6, 6.07) is 9.47. The molecule has 32 heavy (non-hydrogen) atoms. The van der Waals surface area contributed by atoms with Crippen molar-refractivity contribution in [3.8, 4) is 5.82 Å². The minimum atomic E-state index is -0.147. The van der Waals surface area contributed by atoms with Gasteiger partial charge in [0.25, 0.3) is 0 Å². The monoisotopic (exact) mass is 467 g/mol. The first-order valence-electron chi connectivity index (χ1n) is 10.4. The highest BCUT2D eigenvalue weighted by atomic mass is 35.5. The molecule has 0 radical (unpaired) electrons. The van der Waals surface area contributed by atoms with E-state index in [1.165, 1.54) is 11.3 Å². The molecule has 0 aliphatic carbocycles. The van der Waals surface area contributed by atoms with E-state index in [0.717, 1.165) is 52.6 Å². The predicted molar refractivity (Wildman–Crippen MR) is 127 cm³/mol. The van der Waals surface area contributed by atoms with Gasteiger partial charge in [-0.2, -0.15) is 5.10 Å². The first-order chi connectivity index (χ1) is 15.5. The average Bonchev–Trinajstić information content (AvgIpc) is 3.34. The molecule has 4 aromatic rings. The van der Waals surface area contributed by atoms with Crippen molar-refractivity contribution in [3.63, 3.8) is 0 Å². The van der Waals surface area contributed by atoms with Gasteiger partial charge in [-0.05, 0) is 51.0 Å². The van der Waals surface area contributed by atoms with Crippen LogP contribution in [0.4, 0.5) is 10.9 Å². The quantitative estimate of drug-likeness (QED) is 0.478. The predicted octanol–water partition coefficient (Wildman–Crippen LogP) is 4.40. The van der Waals surface area contributed by atoms with Crippen molar-refractivity contribution in [1.29, 1.82) is 0 Å². The van der Waals surface area contributed by atoms with E-state index in [1.807, 2.05) is 42.8 Å². The number of piperidine rings is 1. The fourth-order valence-corrected chi connectivity index (χ4v) is 5.19. The van der Waals surface area contributed by atoms with Crippen LogP contribution in [-0.4, -0.2) is 43.7 Å². The maximum absolute atomic E-state index is 13.0. The number of fused-ring (bicyclic) bond motifs is 1. The summed E-state index contributed by atoms with van der Waals surface area (Å²) in [4.78, 5) is 28.5. The van der Waals surface area contributed by atoms with Crippen LogP contribution in [0.1, 0.15) is 24.2 Å². The van der Waals surface area contributed by atoms with Crippen LogP contribution >= 0.6 is 22.9 Å². The van der Waals surface area contributed by atoms with E-state index in [0.29, 0.717) is 16.7 Å². The first-order valence-corrected chi connectivity index (χ1v) is 11.6. The van der Waals surface area contributed by atoms with Gasteiger partial charge in [-0.25, -0.2) is 19.6 Å². The summed E-state index contributed by atoms with van der Waals surface area (Å²) in [6.07, 6.45) is 3.29. The summed E-state index contributed by atoms with van der Waals surface area (Å²) in [5.41, 5.74) is 2.78. The van der Waals surface area contributed by atoms with Gasteiger partial charge in [-0.3, -0.25) is 4.79 Å². The summed E-state index contributed by atoms with van der Waals surface area (Å²) in [7, 11) is 0. The molecule has 1 aromatic carbocycles. The molecule has 0 bridgehead atoms. The number of halogens is 1. The largest absolute Gasteiger partial charge is 0.356 e. The summed E-state index contributed by atoms with van der Waals surface area (Å²) < 4.78 is 2.77. The molecule has 0 spiro atoms. The minimum absolute atomic E-state index is 0.0207. The Labute approximate surface area is 194 Å². The Morgan fingerprint density at radius 3 is 2.84 bits per heavy atom. The van der Waals surface area contributed by atoms with Crippen LogP contribution in [0.2, 0.25) is 5.02 Å². The van der Waals surface area contributed by atoms with Crippen molar-refractivity contribution in [2.24, 2.45) is 5.92 Å². The van der Waals surface area contributed by atoms with Gasteiger partial charge >= 0.3 is 0 Å². The number of aromatic nitrogens is 5. The number of benzene rings is 1. The number of rotatable bonds is 4. The molecule has 3 aromatic heterocycles. The van der Waals surface area contributed by atoms with Crippen molar-refractivity contribution < 1.29 is 4.79 Å². The molecule has 1 N–H and O–H groups in total. The molecule has 10 heteroatoms. The van der Waals surface area contributed by atoms with Crippen molar-refractivity contribution >= 4 is 50.0 Å². The van der Waals surface area contributed by atoms with Crippen molar-refractivity contribution in [3.05, 3.63) is 53.1 Å². The molecular weight excluding hydrogens is 446 g/mol. The lowest BCUT2D eigenvalue weighted by atomic mass is 9.97. The van der Waals surface area contributed by atoms with E-state index >= 15 is 0 Å². The van der Waals surface area contributed by atoms with Crippen LogP contribution in [0.3, 0.4) is 0 Å². The molecule has 1 fully saturated rings. The molecule has 164 valence electrons. The van der Waals surface area contributed by atoms with Gasteiger partial charge < -0.3 is 10.2 Å². The number of carbonyl (C=O) groups excluding carboxylic acids is 1. The summed E-state index contributed by atoms with van der Waals surface area (Å²) in [6.45, 7) is 5.39. The van der Waals surface area contributed by atoms with Gasteiger partial charge in [0, 0.05) is 29.9 Å². The van der Waals surface area contributed by atoms with Crippen LogP contribution in [0.25, 0.3) is 16.0 Å². The third-order valence-electron chi connectivity index (χ3n) is 5.56. The zero-order valence-electron chi connectivity index (χ0n) is 17.7. The van der Waals surface area contributed by atoms with Crippen molar-refractivity contribution in [1.82, 2.24) is 24.7 Å². The average molecular weight is 468 g/mol. The van der Waals surface area contributed by atoms with E-state index in [1.54, 1.807) is 12.4 Å². The number of aryl methyl sites for hydroxylation is 2. The maximum Gasteiger partial charge on any atom is 0.231 e. The Bertz CT molecular complexity index is 1300. The number of amides is 1. The van der Waals surface area contributed by atoms with E-state index in [9.17, 15) is 4.79 Å². The maximum atomic E-state index is 13.0. The van der Waals surface area contributed by atoms with E-state index in [-0.39, 0.29) is 11.8 Å². The van der Waals surface area contributed by atoms with Gasteiger partial charge in [0.2, 0.25) is 5.91 Å². The van der Waals surface area contributed by atoms with Gasteiger partial charge in [-0.15, -0.1) is 0 Å². The molecule has 1 aliphatic heterocycles. The number of anilines is 2. The summed E-state index contributed by atoms with van der Waals surface area (Å²) >= 11 is 7.49. The smallest absolute Gasteiger partial charge is 0.231 e. The Morgan fingerprint density at radius 1 is 1.19 bits per heavy atom. The lowest BCUT2D eigenvalue weighted by molar-refractivity contribution is -0.120. The second-order valence-corrected chi connectivity index (χ2v) is 9.45. The molecule has 0 saturated carbocycles. The highest BCUT2D eigenvalue weighted by Crippen LogP contribution is 2.30. The molecule has 1 saturated heterocycles. The fraction of sp³-hybridized carbons (Fsp3) is 0.318. The third kappa shape index (κ3) is 4.18. The van der Waals surface area contributed by atoms with Crippen molar-refractivity contribution in [2.75, 3.05) is 23.3 Å². The first kappa shape index (κ1) is 20.8. The lowest BCUT2D eigenvalue weighted by Gasteiger charge is -2.32. The summed E-state index contributed by atoms with van der Waals surface area (Å²) in [5, 5.41) is 8.76. The molecule has 8 nitrogen and oxygen atoms in total. The highest BCUT2D eigenvalue weighted by Gasteiger charge is 2.27. The Kier molecular flexibility index (Phi) is 5.52. The molecule has 4 heterocycles. The molecule has 5 rings (SSSR count). The zero-order valence-corrected chi connectivity index (χ0v) is 19.3. The number of hydrogen-bond acceptors (Lipinski definition) is 7. The van der Waals surface area contributed by atoms with Crippen LogP contribution in [0.15, 0.2) is 36.7 Å². The molecule has 1 amide bonds. The minimum Gasteiger partial charge on any atom is -0.356 e. The number of nitrogens with one attached hydrogen (secondary N) is 1. The third-order valence-corrected chi connectivity index (χ3v) is 6.73. The number of thiazole rings is 1. The molecule has 1 aliphatic rings. The lowest BCUT2D eigenvalue weighted by Crippen LogP contribution is -2.41. The Hall–Kier alpha value is -3.04. The molecule has 1 unspecified atom stereocenters. The normalized spacial score (nSPS) is 16.5. The van der Waals surface area contributed by atoms with E-state index in [4.69, 9.17) is 11.6 Å². The van der Waals surface area contributed by atoms with Crippen LogP contribution < -0.4 is 10.2 Å². The fourth-order valence-electron chi connectivity index (χ4n) is 4.05. The molecule has 1 atom stereocenters. The SMILES string of the molecule is Cc1cc(C)n(-c2cc(N3CCCC(C(=O)Nc4nc5ccc(Cl)cc5s4)C3)ncn2)n1. The van der Waals surface area contributed by atoms with Gasteiger partial charge in [-0.1, -0.05) is 22.9 Å². The second-order valence-electron chi connectivity index (χ2n) is 7.98.